The monoisotopic (exact) mass is 310 g/mol. The number of carbonyl (C=O) groups is 1. The summed E-state index contributed by atoms with van der Waals surface area (Å²) in [7, 11) is 0. The molecule has 2 rings (SSSR count). The first kappa shape index (κ1) is 14.5. The number of benzene rings is 2. The van der Waals surface area contributed by atoms with Gasteiger partial charge >= 0.3 is 0 Å². The number of nitrogens with one attached hydrogen (secondary N) is 1. The number of hydrogen-bond acceptors (Lipinski definition) is 3. The minimum atomic E-state index is -0.325. The number of hydrogen-bond donors (Lipinski definition) is 2. The molecule has 0 bridgehead atoms. The van der Waals surface area contributed by atoms with Gasteiger partial charge < -0.3 is 15.8 Å². The average Bonchev–Trinajstić information content (AvgIpc) is 2.42. The van der Waals surface area contributed by atoms with Crippen LogP contribution >= 0.6 is 23.2 Å². The summed E-state index contributed by atoms with van der Waals surface area (Å²) < 4.78 is 5.32. The SMILES string of the molecule is Nc1ccc(Cl)cc1NC(=O)COc1ccc(Cl)cc1. The molecule has 2 aromatic rings. The molecular formula is C14H12Cl2N2O2. The van der Waals surface area contributed by atoms with Crippen molar-refractivity contribution in [3.05, 3.63) is 52.5 Å². The van der Waals surface area contributed by atoms with Crippen molar-refractivity contribution in [1.82, 2.24) is 0 Å². The predicted octanol–water partition coefficient (Wildman–Crippen LogP) is 3.59. The van der Waals surface area contributed by atoms with Crippen LogP contribution in [0, 0.1) is 0 Å². The largest absolute Gasteiger partial charge is 0.484 e. The molecule has 2 aromatic carbocycles. The van der Waals surface area contributed by atoms with Crippen LogP contribution in [0.3, 0.4) is 0 Å². The summed E-state index contributed by atoms with van der Waals surface area (Å²) >= 11 is 11.6. The molecule has 0 aromatic heterocycles. The van der Waals surface area contributed by atoms with Crippen molar-refractivity contribution in [2.45, 2.75) is 0 Å². The number of anilines is 2. The first-order chi connectivity index (χ1) is 9.54. The molecular weight excluding hydrogens is 299 g/mol. The molecule has 0 radical (unpaired) electrons. The average molecular weight is 311 g/mol. The van der Waals surface area contributed by atoms with Gasteiger partial charge in [0, 0.05) is 10.0 Å². The molecule has 0 unspecified atom stereocenters. The lowest BCUT2D eigenvalue weighted by Gasteiger charge is -2.09. The number of carbonyl (C=O) groups excluding carboxylic acids is 1. The van der Waals surface area contributed by atoms with E-state index in [0.29, 0.717) is 27.2 Å². The molecule has 4 nitrogen and oxygen atoms in total. The summed E-state index contributed by atoms with van der Waals surface area (Å²) in [5.74, 6) is 0.234. The van der Waals surface area contributed by atoms with Crippen molar-refractivity contribution in [2.75, 3.05) is 17.7 Å². The van der Waals surface area contributed by atoms with Gasteiger partial charge in [-0.2, -0.15) is 0 Å². The molecule has 3 N–H and O–H groups in total. The zero-order valence-corrected chi connectivity index (χ0v) is 11.9. The van der Waals surface area contributed by atoms with E-state index in [2.05, 4.69) is 5.32 Å². The molecule has 104 valence electrons. The molecule has 0 heterocycles. The Labute approximate surface area is 126 Å². The van der Waals surface area contributed by atoms with Gasteiger partial charge in [-0.25, -0.2) is 0 Å². The van der Waals surface area contributed by atoms with E-state index in [-0.39, 0.29) is 12.5 Å². The Balaban J connectivity index is 1.92. The van der Waals surface area contributed by atoms with E-state index in [0.717, 1.165) is 0 Å². The summed E-state index contributed by atoms with van der Waals surface area (Å²) in [4.78, 5) is 11.8. The molecule has 20 heavy (non-hydrogen) atoms. The molecule has 0 spiro atoms. The molecule has 6 heteroatoms. The van der Waals surface area contributed by atoms with Crippen molar-refractivity contribution >= 4 is 40.5 Å². The van der Waals surface area contributed by atoms with Gasteiger partial charge in [-0.1, -0.05) is 23.2 Å². The molecule has 1 amide bonds. The Morgan fingerprint density at radius 1 is 1.10 bits per heavy atom. The standard InChI is InChI=1S/C14H12Cl2N2O2/c15-9-1-4-11(5-2-9)20-8-14(19)18-13-7-10(16)3-6-12(13)17/h1-7H,8,17H2,(H,18,19). The van der Waals surface area contributed by atoms with Gasteiger partial charge in [-0.3, -0.25) is 4.79 Å². The second kappa shape index (κ2) is 6.50. The predicted molar refractivity (Wildman–Crippen MR) is 81.4 cm³/mol. The van der Waals surface area contributed by atoms with Crippen molar-refractivity contribution < 1.29 is 9.53 Å². The Hall–Kier alpha value is -1.91. The molecule has 0 aliphatic carbocycles. The highest BCUT2D eigenvalue weighted by Crippen LogP contribution is 2.23. The van der Waals surface area contributed by atoms with E-state index in [1.165, 1.54) is 0 Å². The summed E-state index contributed by atoms with van der Waals surface area (Å²) in [5, 5.41) is 3.73. The number of halogens is 2. The lowest BCUT2D eigenvalue weighted by Crippen LogP contribution is -2.20. The Kier molecular flexibility index (Phi) is 4.71. The van der Waals surface area contributed by atoms with Gasteiger partial charge in [0.05, 0.1) is 11.4 Å². The third-order valence-corrected chi connectivity index (χ3v) is 2.96. The second-order valence-electron chi connectivity index (χ2n) is 4.02. The van der Waals surface area contributed by atoms with Crippen LogP contribution in [-0.2, 0) is 4.79 Å². The number of ether oxygens (including phenoxy) is 1. The van der Waals surface area contributed by atoms with Crippen LogP contribution < -0.4 is 15.8 Å². The fourth-order valence-electron chi connectivity index (χ4n) is 1.50. The maximum atomic E-state index is 11.8. The zero-order chi connectivity index (χ0) is 14.5. The van der Waals surface area contributed by atoms with Gasteiger partial charge in [0.25, 0.3) is 5.91 Å². The molecule has 0 aliphatic rings. The molecule has 0 saturated heterocycles. The Morgan fingerprint density at radius 3 is 2.45 bits per heavy atom. The lowest BCUT2D eigenvalue weighted by atomic mass is 10.2. The van der Waals surface area contributed by atoms with Gasteiger partial charge in [0.2, 0.25) is 0 Å². The summed E-state index contributed by atoms with van der Waals surface area (Å²) in [6.07, 6.45) is 0. The first-order valence-corrected chi connectivity index (χ1v) is 6.53. The van der Waals surface area contributed by atoms with E-state index < -0.39 is 0 Å². The minimum Gasteiger partial charge on any atom is -0.484 e. The van der Waals surface area contributed by atoms with Crippen LogP contribution in [0.25, 0.3) is 0 Å². The van der Waals surface area contributed by atoms with Crippen LogP contribution in [0.15, 0.2) is 42.5 Å². The second-order valence-corrected chi connectivity index (χ2v) is 4.90. The topological polar surface area (TPSA) is 64.3 Å². The Morgan fingerprint density at radius 2 is 1.75 bits per heavy atom. The third-order valence-electron chi connectivity index (χ3n) is 2.47. The zero-order valence-electron chi connectivity index (χ0n) is 10.4. The minimum absolute atomic E-state index is 0.131. The van der Waals surface area contributed by atoms with Crippen molar-refractivity contribution in [1.29, 1.82) is 0 Å². The van der Waals surface area contributed by atoms with Crippen LogP contribution in [-0.4, -0.2) is 12.5 Å². The highest BCUT2D eigenvalue weighted by molar-refractivity contribution is 6.31. The fourth-order valence-corrected chi connectivity index (χ4v) is 1.80. The number of rotatable bonds is 4. The van der Waals surface area contributed by atoms with Crippen molar-refractivity contribution in [3.8, 4) is 5.75 Å². The van der Waals surface area contributed by atoms with Crippen LogP contribution in [0.1, 0.15) is 0 Å². The third kappa shape index (κ3) is 4.05. The van der Waals surface area contributed by atoms with E-state index in [1.54, 1.807) is 42.5 Å². The van der Waals surface area contributed by atoms with Gasteiger partial charge in [-0.15, -0.1) is 0 Å². The highest BCUT2D eigenvalue weighted by atomic mass is 35.5. The Bertz CT molecular complexity index is 615. The van der Waals surface area contributed by atoms with Crippen molar-refractivity contribution in [2.24, 2.45) is 0 Å². The van der Waals surface area contributed by atoms with E-state index in [9.17, 15) is 4.79 Å². The van der Waals surface area contributed by atoms with Crippen molar-refractivity contribution in [3.63, 3.8) is 0 Å². The first-order valence-electron chi connectivity index (χ1n) is 5.78. The molecule has 0 saturated carbocycles. The quantitative estimate of drug-likeness (QED) is 0.848. The molecule has 0 atom stereocenters. The van der Waals surface area contributed by atoms with Gasteiger partial charge in [0.1, 0.15) is 5.75 Å². The lowest BCUT2D eigenvalue weighted by molar-refractivity contribution is -0.118. The van der Waals surface area contributed by atoms with E-state index in [1.807, 2.05) is 0 Å². The normalized spacial score (nSPS) is 10.1. The van der Waals surface area contributed by atoms with E-state index >= 15 is 0 Å². The molecule has 0 fully saturated rings. The summed E-state index contributed by atoms with van der Waals surface area (Å²) in [6.45, 7) is -0.131. The summed E-state index contributed by atoms with van der Waals surface area (Å²) in [5.41, 5.74) is 6.63. The fraction of sp³-hybridized carbons (Fsp3) is 0.0714. The van der Waals surface area contributed by atoms with E-state index in [4.69, 9.17) is 33.7 Å². The molecule has 0 aliphatic heterocycles. The smallest absolute Gasteiger partial charge is 0.262 e. The van der Waals surface area contributed by atoms with Crippen LogP contribution in [0.2, 0.25) is 10.0 Å². The number of nitrogen functional groups attached to an aromatic ring is 1. The maximum Gasteiger partial charge on any atom is 0.262 e. The van der Waals surface area contributed by atoms with Crippen LogP contribution in [0.4, 0.5) is 11.4 Å². The summed E-state index contributed by atoms with van der Waals surface area (Å²) in [6, 6.07) is 11.6. The van der Waals surface area contributed by atoms with Crippen LogP contribution in [0.5, 0.6) is 5.75 Å². The number of amides is 1. The van der Waals surface area contributed by atoms with Gasteiger partial charge in [0.15, 0.2) is 6.61 Å². The number of nitrogens with two attached hydrogens (primary N) is 1. The van der Waals surface area contributed by atoms with Gasteiger partial charge in [-0.05, 0) is 42.5 Å². The maximum absolute atomic E-state index is 11.8. The highest BCUT2D eigenvalue weighted by Gasteiger charge is 2.07.